The van der Waals surface area contributed by atoms with E-state index in [0.717, 1.165) is 12.2 Å². The van der Waals surface area contributed by atoms with E-state index >= 15 is 0 Å². The average molecular weight is 259 g/mol. The van der Waals surface area contributed by atoms with Crippen LogP contribution < -0.4 is 5.32 Å². The standard InChI is InChI=1S/C14H17N3S/c1-18-11-6-4-10(5-7-11)13-9-14(17-16-13)12-3-2-8-15-12/h4-7,9,12,15H,2-3,8H2,1H3,(H,16,17). The van der Waals surface area contributed by atoms with Gasteiger partial charge < -0.3 is 5.32 Å². The first-order valence-corrected chi connectivity index (χ1v) is 7.52. The van der Waals surface area contributed by atoms with Gasteiger partial charge in [-0.15, -0.1) is 11.8 Å². The van der Waals surface area contributed by atoms with Crippen molar-refractivity contribution in [2.75, 3.05) is 12.8 Å². The molecule has 4 heteroatoms. The fraction of sp³-hybridized carbons (Fsp3) is 0.357. The molecule has 0 amide bonds. The van der Waals surface area contributed by atoms with Crippen LogP contribution in [0, 0.1) is 0 Å². The number of nitrogens with zero attached hydrogens (tertiary/aromatic N) is 1. The van der Waals surface area contributed by atoms with Crippen molar-refractivity contribution in [3.63, 3.8) is 0 Å². The molecule has 0 radical (unpaired) electrons. The van der Waals surface area contributed by atoms with Crippen molar-refractivity contribution >= 4 is 11.8 Å². The molecule has 0 saturated carbocycles. The molecular formula is C14H17N3S. The van der Waals surface area contributed by atoms with Crippen LogP contribution in [0.2, 0.25) is 0 Å². The summed E-state index contributed by atoms with van der Waals surface area (Å²) in [6, 6.07) is 11.2. The fourth-order valence-corrected chi connectivity index (χ4v) is 2.78. The molecular weight excluding hydrogens is 242 g/mol. The first-order chi connectivity index (χ1) is 8.86. The summed E-state index contributed by atoms with van der Waals surface area (Å²) in [5.41, 5.74) is 3.41. The van der Waals surface area contributed by atoms with Crippen LogP contribution >= 0.6 is 11.8 Å². The van der Waals surface area contributed by atoms with E-state index in [1.807, 2.05) is 0 Å². The fourth-order valence-electron chi connectivity index (χ4n) is 2.37. The minimum absolute atomic E-state index is 0.455. The summed E-state index contributed by atoms with van der Waals surface area (Å²) in [5.74, 6) is 0. The van der Waals surface area contributed by atoms with Crippen LogP contribution in [-0.2, 0) is 0 Å². The number of aromatic amines is 1. The van der Waals surface area contributed by atoms with Gasteiger partial charge in [-0.2, -0.15) is 5.10 Å². The molecule has 3 nitrogen and oxygen atoms in total. The molecule has 0 aliphatic carbocycles. The van der Waals surface area contributed by atoms with Crippen LogP contribution in [0.4, 0.5) is 0 Å². The number of nitrogens with one attached hydrogen (secondary N) is 2. The summed E-state index contributed by atoms with van der Waals surface area (Å²) in [4.78, 5) is 1.28. The highest BCUT2D eigenvalue weighted by atomic mass is 32.2. The zero-order chi connectivity index (χ0) is 12.4. The molecule has 1 fully saturated rings. The van der Waals surface area contributed by atoms with Gasteiger partial charge in [0.1, 0.15) is 0 Å². The van der Waals surface area contributed by atoms with Gasteiger partial charge in [0.05, 0.1) is 11.4 Å². The zero-order valence-electron chi connectivity index (χ0n) is 10.4. The first-order valence-electron chi connectivity index (χ1n) is 6.30. The summed E-state index contributed by atoms with van der Waals surface area (Å²) in [6.07, 6.45) is 4.54. The van der Waals surface area contributed by atoms with Crippen LogP contribution in [-0.4, -0.2) is 23.0 Å². The van der Waals surface area contributed by atoms with Crippen molar-refractivity contribution in [3.8, 4) is 11.3 Å². The summed E-state index contributed by atoms with van der Waals surface area (Å²) < 4.78 is 0. The molecule has 1 aromatic carbocycles. The van der Waals surface area contributed by atoms with E-state index in [1.54, 1.807) is 11.8 Å². The van der Waals surface area contributed by atoms with E-state index in [9.17, 15) is 0 Å². The Morgan fingerprint density at radius 1 is 1.28 bits per heavy atom. The van der Waals surface area contributed by atoms with E-state index in [0.29, 0.717) is 6.04 Å². The smallest absolute Gasteiger partial charge is 0.0924 e. The molecule has 1 aromatic heterocycles. The van der Waals surface area contributed by atoms with Gasteiger partial charge in [0.15, 0.2) is 0 Å². The first kappa shape index (κ1) is 11.8. The predicted molar refractivity (Wildman–Crippen MR) is 75.8 cm³/mol. The van der Waals surface area contributed by atoms with Gasteiger partial charge in [-0.1, -0.05) is 12.1 Å². The van der Waals surface area contributed by atoms with Gasteiger partial charge in [-0.3, -0.25) is 5.10 Å². The summed E-state index contributed by atoms with van der Waals surface area (Å²) in [6.45, 7) is 1.11. The molecule has 2 aromatic rings. The molecule has 1 aliphatic heterocycles. The number of rotatable bonds is 3. The lowest BCUT2D eigenvalue weighted by molar-refractivity contribution is 0.625. The maximum atomic E-state index is 4.41. The molecule has 0 bridgehead atoms. The van der Waals surface area contributed by atoms with Gasteiger partial charge >= 0.3 is 0 Å². The van der Waals surface area contributed by atoms with Crippen LogP contribution in [0.25, 0.3) is 11.3 Å². The second kappa shape index (κ2) is 5.16. The van der Waals surface area contributed by atoms with Crippen molar-refractivity contribution < 1.29 is 0 Å². The molecule has 2 N–H and O–H groups in total. The lowest BCUT2D eigenvalue weighted by Crippen LogP contribution is -2.12. The third kappa shape index (κ3) is 2.31. The molecule has 2 heterocycles. The Balaban J connectivity index is 1.82. The number of benzene rings is 1. The minimum atomic E-state index is 0.455. The molecule has 94 valence electrons. The van der Waals surface area contributed by atoms with Crippen molar-refractivity contribution in [2.24, 2.45) is 0 Å². The molecule has 1 saturated heterocycles. The zero-order valence-corrected chi connectivity index (χ0v) is 11.3. The highest BCUT2D eigenvalue weighted by molar-refractivity contribution is 7.98. The third-order valence-corrected chi connectivity index (χ3v) is 4.16. The Hall–Kier alpha value is -1.26. The number of H-pyrrole nitrogens is 1. The maximum Gasteiger partial charge on any atom is 0.0924 e. The average Bonchev–Trinajstić information content (AvgIpc) is 3.09. The van der Waals surface area contributed by atoms with Crippen molar-refractivity contribution in [2.45, 2.75) is 23.8 Å². The van der Waals surface area contributed by atoms with Gasteiger partial charge in [-0.05, 0) is 43.8 Å². The summed E-state index contributed by atoms with van der Waals surface area (Å²) in [7, 11) is 0. The van der Waals surface area contributed by atoms with Crippen molar-refractivity contribution in [3.05, 3.63) is 36.0 Å². The lowest BCUT2D eigenvalue weighted by Gasteiger charge is -2.05. The second-order valence-corrected chi connectivity index (χ2v) is 5.47. The normalized spacial score (nSPS) is 19.3. The highest BCUT2D eigenvalue weighted by Gasteiger charge is 2.18. The molecule has 3 rings (SSSR count). The van der Waals surface area contributed by atoms with E-state index in [2.05, 4.69) is 52.1 Å². The molecule has 1 atom stereocenters. The number of thioether (sulfide) groups is 1. The number of aromatic nitrogens is 2. The molecule has 1 aliphatic rings. The van der Waals surface area contributed by atoms with Crippen LogP contribution in [0.5, 0.6) is 0 Å². The van der Waals surface area contributed by atoms with Gasteiger partial charge in [0.2, 0.25) is 0 Å². The van der Waals surface area contributed by atoms with Crippen LogP contribution in [0.15, 0.2) is 35.2 Å². The van der Waals surface area contributed by atoms with Crippen LogP contribution in [0.3, 0.4) is 0 Å². The topological polar surface area (TPSA) is 40.7 Å². The van der Waals surface area contributed by atoms with E-state index in [1.165, 1.54) is 29.0 Å². The Morgan fingerprint density at radius 3 is 2.78 bits per heavy atom. The van der Waals surface area contributed by atoms with E-state index in [-0.39, 0.29) is 0 Å². The highest BCUT2D eigenvalue weighted by Crippen LogP contribution is 2.26. The van der Waals surface area contributed by atoms with Gasteiger partial charge in [0, 0.05) is 16.5 Å². The minimum Gasteiger partial charge on any atom is -0.309 e. The monoisotopic (exact) mass is 259 g/mol. The summed E-state index contributed by atoms with van der Waals surface area (Å²) in [5, 5.41) is 11.1. The lowest BCUT2D eigenvalue weighted by atomic mass is 10.1. The number of hydrogen-bond donors (Lipinski definition) is 2. The second-order valence-electron chi connectivity index (χ2n) is 4.59. The van der Waals surface area contributed by atoms with Gasteiger partial charge in [0.25, 0.3) is 0 Å². The Bertz CT molecular complexity index is 512. The van der Waals surface area contributed by atoms with E-state index in [4.69, 9.17) is 0 Å². The van der Waals surface area contributed by atoms with Gasteiger partial charge in [-0.25, -0.2) is 0 Å². The molecule has 18 heavy (non-hydrogen) atoms. The van der Waals surface area contributed by atoms with E-state index < -0.39 is 0 Å². The maximum absolute atomic E-state index is 4.41. The molecule has 1 unspecified atom stereocenters. The Kier molecular flexibility index (Phi) is 3.39. The number of hydrogen-bond acceptors (Lipinski definition) is 3. The SMILES string of the molecule is CSc1ccc(-c2cc(C3CCCN3)[nH]n2)cc1. The van der Waals surface area contributed by atoms with Crippen LogP contribution in [0.1, 0.15) is 24.6 Å². The quantitative estimate of drug-likeness (QED) is 0.831. The summed E-state index contributed by atoms with van der Waals surface area (Å²) >= 11 is 1.76. The third-order valence-electron chi connectivity index (χ3n) is 3.42. The molecule has 0 spiro atoms. The Morgan fingerprint density at radius 2 is 2.11 bits per heavy atom. The predicted octanol–water partition coefficient (Wildman–Crippen LogP) is 3.22. The largest absolute Gasteiger partial charge is 0.309 e. The Labute approximate surface area is 111 Å². The van der Waals surface area contributed by atoms with Crippen molar-refractivity contribution in [1.82, 2.24) is 15.5 Å². The van der Waals surface area contributed by atoms with Crippen molar-refractivity contribution in [1.29, 1.82) is 0 Å².